The van der Waals surface area contributed by atoms with E-state index in [1.165, 1.54) is 12.1 Å². The summed E-state index contributed by atoms with van der Waals surface area (Å²) in [7, 11) is -3.58. The van der Waals surface area contributed by atoms with Gasteiger partial charge in [0.2, 0.25) is 10.0 Å². The van der Waals surface area contributed by atoms with Crippen molar-refractivity contribution in [1.82, 2.24) is 4.72 Å². The van der Waals surface area contributed by atoms with Crippen LogP contribution in [0.25, 0.3) is 11.1 Å². The van der Waals surface area contributed by atoms with Crippen LogP contribution in [0.4, 0.5) is 5.69 Å². The van der Waals surface area contributed by atoms with Crippen molar-refractivity contribution in [3.8, 4) is 16.9 Å². The third-order valence-corrected chi connectivity index (χ3v) is 7.80. The minimum absolute atomic E-state index is 0.00245. The Morgan fingerprint density at radius 1 is 0.886 bits per heavy atom. The molecule has 1 amide bonds. The topological polar surface area (TPSA) is 84.5 Å². The second-order valence-corrected chi connectivity index (χ2v) is 10.6. The van der Waals surface area contributed by atoms with Crippen molar-refractivity contribution < 1.29 is 17.9 Å². The number of anilines is 1. The number of carbonyl (C=O) groups excluding carboxylic acids is 1. The second kappa shape index (κ2) is 11.5. The molecule has 0 heterocycles. The van der Waals surface area contributed by atoms with E-state index >= 15 is 0 Å². The van der Waals surface area contributed by atoms with Gasteiger partial charge in [-0.1, -0.05) is 68.7 Å². The predicted octanol–water partition coefficient (Wildman–Crippen LogP) is 5.76. The average Bonchev–Trinajstić information content (AvgIpc) is 2.89. The first kappa shape index (κ1) is 24.9. The van der Waals surface area contributed by atoms with Crippen LogP contribution in [0, 0.1) is 0 Å². The molecule has 1 aliphatic carbocycles. The smallest absolute Gasteiger partial charge is 0.265 e. The summed E-state index contributed by atoms with van der Waals surface area (Å²) < 4.78 is 34.1. The first-order valence-electron chi connectivity index (χ1n) is 12.2. The fourth-order valence-corrected chi connectivity index (χ4v) is 5.60. The average molecular weight is 493 g/mol. The summed E-state index contributed by atoms with van der Waals surface area (Å²) in [6.45, 7) is 1.88. The molecular formula is C28H32N2O4S. The number of nitrogens with one attached hydrogen (secondary N) is 2. The number of hydrogen-bond donors (Lipinski definition) is 2. The maximum absolute atomic E-state index is 12.8. The highest BCUT2D eigenvalue weighted by Gasteiger charge is 2.22. The fraction of sp³-hybridized carbons (Fsp3) is 0.321. The lowest BCUT2D eigenvalue weighted by molar-refractivity contribution is -0.122. The van der Waals surface area contributed by atoms with Gasteiger partial charge in [-0.3, -0.25) is 4.79 Å². The molecule has 1 aliphatic rings. The number of amides is 1. The number of rotatable bonds is 9. The van der Waals surface area contributed by atoms with Gasteiger partial charge >= 0.3 is 0 Å². The van der Waals surface area contributed by atoms with E-state index in [-0.39, 0.29) is 16.8 Å². The van der Waals surface area contributed by atoms with Gasteiger partial charge in [0.25, 0.3) is 5.91 Å². The second-order valence-electron chi connectivity index (χ2n) is 8.87. The Hall–Kier alpha value is -3.16. The molecule has 0 bridgehead atoms. The third-order valence-electron chi connectivity index (χ3n) is 6.26. The summed E-state index contributed by atoms with van der Waals surface area (Å²) in [6.07, 6.45) is 4.83. The van der Waals surface area contributed by atoms with Crippen molar-refractivity contribution in [2.45, 2.75) is 62.5 Å². The number of carbonyl (C=O) groups is 1. The highest BCUT2D eigenvalue weighted by Crippen LogP contribution is 2.24. The van der Waals surface area contributed by atoms with Crippen molar-refractivity contribution in [2.75, 3.05) is 5.32 Å². The van der Waals surface area contributed by atoms with Gasteiger partial charge in [0.15, 0.2) is 6.10 Å². The molecule has 3 aromatic carbocycles. The standard InChI is InChI=1S/C28H32N2O4S/c1-2-27(34-25-17-13-22(14-18-25)21-9-5-3-6-10-21)28(31)29-23-15-19-26(20-16-23)35(32,33)30-24-11-7-4-8-12-24/h3,5-6,9-10,13-20,24,27,30H,2,4,7-8,11-12H2,1H3,(H,29,31). The van der Waals surface area contributed by atoms with Crippen LogP contribution in [0.15, 0.2) is 83.8 Å². The molecule has 3 aromatic rings. The van der Waals surface area contributed by atoms with Crippen LogP contribution in [0.3, 0.4) is 0 Å². The fourth-order valence-electron chi connectivity index (χ4n) is 4.29. The molecule has 4 rings (SSSR count). The predicted molar refractivity (Wildman–Crippen MR) is 139 cm³/mol. The monoisotopic (exact) mass is 492 g/mol. The molecule has 1 atom stereocenters. The molecule has 0 spiro atoms. The van der Waals surface area contributed by atoms with Crippen molar-refractivity contribution in [3.05, 3.63) is 78.9 Å². The molecule has 6 nitrogen and oxygen atoms in total. The molecule has 2 N–H and O–H groups in total. The quantitative estimate of drug-likeness (QED) is 0.398. The first-order valence-corrected chi connectivity index (χ1v) is 13.7. The first-order chi connectivity index (χ1) is 16.9. The molecule has 0 aromatic heterocycles. The van der Waals surface area contributed by atoms with Crippen LogP contribution in [-0.4, -0.2) is 26.5 Å². The van der Waals surface area contributed by atoms with Gasteiger partial charge in [-0.15, -0.1) is 0 Å². The Morgan fingerprint density at radius 2 is 1.51 bits per heavy atom. The van der Waals surface area contributed by atoms with Gasteiger partial charge in [-0.2, -0.15) is 0 Å². The zero-order chi connectivity index (χ0) is 24.7. The summed E-state index contributed by atoms with van der Waals surface area (Å²) >= 11 is 0. The van der Waals surface area contributed by atoms with Crippen molar-refractivity contribution in [2.24, 2.45) is 0 Å². The molecule has 1 unspecified atom stereocenters. The zero-order valence-electron chi connectivity index (χ0n) is 19.9. The van der Waals surface area contributed by atoms with Crippen LogP contribution < -0.4 is 14.8 Å². The minimum atomic E-state index is -3.58. The van der Waals surface area contributed by atoms with E-state index in [9.17, 15) is 13.2 Å². The van der Waals surface area contributed by atoms with Gasteiger partial charge in [0.1, 0.15) is 5.75 Å². The van der Waals surface area contributed by atoms with Crippen molar-refractivity contribution in [1.29, 1.82) is 0 Å². The number of hydrogen-bond acceptors (Lipinski definition) is 4. The summed E-state index contributed by atoms with van der Waals surface area (Å²) in [5.74, 6) is 0.331. The molecule has 0 aliphatic heterocycles. The minimum Gasteiger partial charge on any atom is -0.481 e. The van der Waals surface area contributed by atoms with E-state index in [4.69, 9.17) is 4.74 Å². The molecule has 0 saturated heterocycles. The van der Waals surface area contributed by atoms with Gasteiger partial charge < -0.3 is 10.1 Å². The number of benzene rings is 3. The molecular weight excluding hydrogens is 460 g/mol. The summed E-state index contributed by atoms with van der Waals surface area (Å²) in [5.41, 5.74) is 2.71. The molecule has 184 valence electrons. The molecule has 7 heteroatoms. The van der Waals surface area contributed by atoms with E-state index in [0.717, 1.165) is 43.2 Å². The lowest BCUT2D eigenvalue weighted by Gasteiger charge is -2.22. The zero-order valence-corrected chi connectivity index (χ0v) is 20.8. The molecule has 1 saturated carbocycles. The van der Waals surface area contributed by atoms with Gasteiger partial charge in [-0.25, -0.2) is 13.1 Å². The highest BCUT2D eigenvalue weighted by atomic mass is 32.2. The SMILES string of the molecule is CCC(Oc1ccc(-c2ccccc2)cc1)C(=O)Nc1ccc(S(=O)(=O)NC2CCCCC2)cc1. The van der Waals surface area contributed by atoms with Crippen LogP contribution in [0.2, 0.25) is 0 Å². The van der Waals surface area contributed by atoms with Gasteiger partial charge in [0, 0.05) is 11.7 Å². The Bertz CT molecular complexity index is 1200. The summed E-state index contributed by atoms with van der Waals surface area (Å²) in [5, 5.41) is 2.83. The lowest BCUT2D eigenvalue weighted by Crippen LogP contribution is -2.36. The van der Waals surface area contributed by atoms with Crippen LogP contribution in [0.5, 0.6) is 5.75 Å². The normalized spacial score (nSPS) is 15.3. The maximum atomic E-state index is 12.8. The Balaban J connectivity index is 1.35. The van der Waals surface area contributed by atoms with E-state index in [1.54, 1.807) is 12.1 Å². The van der Waals surface area contributed by atoms with Crippen LogP contribution in [-0.2, 0) is 14.8 Å². The highest BCUT2D eigenvalue weighted by molar-refractivity contribution is 7.89. The Kier molecular flexibility index (Phi) is 8.21. The van der Waals surface area contributed by atoms with Crippen LogP contribution >= 0.6 is 0 Å². The van der Waals surface area contributed by atoms with Crippen molar-refractivity contribution >= 4 is 21.6 Å². The van der Waals surface area contributed by atoms with E-state index in [0.29, 0.717) is 17.9 Å². The third kappa shape index (κ3) is 6.71. The molecule has 35 heavy (non-hydrogen) atoms. The Morgan fingerprint density at radius 3 is 2.14 bits per heavy atom. The summed E-state index contributed by atoms with van der Waals surface area (Å²) in [4.78, 5) is 13.0. The van der Waals surface area contributed by atoms with Gasteiger partial charge in [0.05, 0.1) is 4.90 Å². The van der Waals surface area contributed by atoms with Crippen molar-refractivity contribution in [3.63, 3.8) is 0 Å². The van der Waals surface area contributed by atoms with Crippen LogP contribution in [0.1, 0.15) is 45.4 Å². The van der Waals surface area contributed by atoms with E-state index in [2.05, 4.69) is 10.0 Å². The maximum Gasteiger partial charge on any atom is 0.265 e. The number of sulfonamides is 1. The van der Waals surface area contributed by atoms with E-state index < -0.39 is 16.1 Å². The largest absolute Gasteiger partial charge is 0.481 e. The molecule has 0 radical (unpaired) electrons. The van der Waals surface area contributed by atoms with Gasteiger partial charge in [-0.05, 0) is 66.8 Å². The Labute approximate surface area is 207 Å². The lowest BCUT2D eigenvalue weighted by atomic mass is 9.96. The molecule has 1 fully saturated rings. The number of ether oxygens (including phenoxy) is 1. The summed E-state index contributed by atoms with van der Waals surface area (Å²) in [6, 6.07) is 23.9. The van der Waals surface area contributed by atoms with E-state index in [1.807, 2.05) is 61.5 Å².